The molecule has 2 N–H and O–H groups in total. The van der Waals surface area contributed by atoms with Crippen LogP contribution < -0.4 is 4.74 Å². The molecule has 1 atom stereocenters. The van der Waals surface area contributed by atoms with Crippen molar-refractivity contribution in [3.8, 4) is 5.75 Å². The van der Waals surface area contributed by atoms with Gasteiger partial charge in [0.05, 0.1) is 0 Å². The summed E-state index contributed by atoms with van der Waals surface area (Å²) in [4.78, 5) is 22.1. The first-order valence-corrected chi connectivity index (χ1v) is 13.1. The molecule has 0 aliphatic carbocycles. The number of carboxylic acid groups (broad SMARTS) is 2. The SMILES string of the molecule is O=C(O)C(F)(F)F.O=C(O)CCc1ccc(OCc2ccc(CN3CCC(Cc4ccccc4Cl)C3)cc2)cc1. The van der Waals surface area contributed by atoms with Gasteiger partial charge in [0, 0.05) is 24.5 Å². The number of carbonyl (C=O) groups is 2. The number of carboxylic acids is 2. The minimum absolute atomic E-state index is 0.145. The van der Waals surface area contributed by atoms with Gasteiger partial charge >= 0.3 is 18.1 Å². The monoisotopic (exact) mass is 577 g/mol. The predicted octanol–water partition coefficient (Wildman–Crippen LogP) is 6.63. The first kappa shape index (κ1) is 31.0. The van der Waals surface area contributed by atoms with Crippen molar-refractivity contribution in [1.82, 2.24) is 4.90 Å². The van der Waals surface area contributed by atoms with Gasteiger partial charge in [0.2, 0.25) is 0 Å². The predicted molar refractivity (Wildman–Crippen MR) is 145 cm³/mol. The molecule has 1 aliphatic rings. The number of aryl methyl sites for hydroxylation is 1. The molecule has 4 rings (SSSR count). The second-order valence-corrected chi connectivity index (χ2v) is 10.0. The third-order valence-corrected chi connectivity index (χ3v) is 6.83. The maximum Gasteiger partial charge on any atom is 0.490 e. The van der Waals surface area contributed by atoms with Crippen LogP contribution in [0.2, 0.25) is 5.02 Å². The standard InChI is InChI=1S/C28H30ClNO3.C2HF3O2/c29-27-4-2-1-3-25(27)17-24-15-16-30(19-24)18-22-5-7-23(8-6-22)20-33-26-12-9-21(10-13-26)11-14-28(31)32;3-2(4,5)1(6)7/h1-10,12-13,24H,11,14-20H2,(H,31,32);(H,6,7). The zero-order chi connectivity index (χ0) is 29.1. The molecule has 6 nitrogen and oxygen atoms in total. The normalized spacial score (nSPS) is 15.2. The van der Waals surface area contributed by atoms with E-state index in [-0.39, 0.29) is 6.42 Å². The number of ether oxygens (including phenoxy) is 1. The van der Waals surface area contributed by atoms with Crippen LogP contribution in [0.15, 0.2) is 72.8 Å². The summed E-state index contributed by atoms with van der Waals surface area (Å²) in [7, 11) is 0. The molecule has 0 amide bonds. The van der Waals surface area contributed by atoms with Crippen molar-refractivity contribution in [2.24, 2.45) is 5.92 Å². The van der Waals surface area contributed by atoms with Gasteiger partial charge in [-0.3, -0.25) is 9.69 Å². The van der Waals surface area contributed by atoms with E-state index in [1.165, 1.54) is 17.5 Å². The fourth-order valence-corrected chi connectivity index (χ4v) is 4.58. The van der Waals surface area contributed by atoms with E-state index < -0.39 is 18.1 Å². The van der Waals surface area contributed by atoms with E-state index >= 15 is 0 Å². The molecule has 3 aromatic carbocycles. The average molecular weight is 578 g/mol. The first-order valence-electron chi connectivity index (χ1n) is 12.8. The minimum Gasteiger partial charge on any atom is -0.489 e. The van der Waals surface area contributed by atoms with Crippen LogP contribution in [0, 0.1) is 5.92 Å². The summed E-state index contributed by atoms with van der Waals surface area (Å²) in [5, 5.41) is 16.8. The Hall–Kier alpha value is -3.56. The van der Waals surface area contributed by atoms with Gasteiger partial charge in [-0.25, -0.2) is 4.79 Å². The molecule has 10 heteroatoms. The zero-order valence-corrected chi connectivity index (χ0v) is 22.5. The Morgan fingerprint density at radius 3 is 2.12 bits per heavy atom. The lowest BCUT2D eigenvalue weighted by Gasteiger charge is -2.17. The maximum atomic E-state index is 10.7. The maximum absolute atomic E-state index is 10.7. The number of benzene rings is 3. The molecule has 0 spiro atoms. The number of nitrogens with zero attached hydrogens (tertiary/aromatic N) is 1. The number of aliphatic carboxylic acids is 2. The Labute approximate surface area is 236 Å². The third kappa shape index (κ3) is 10.5. The third-order valence-electron chi connectivity index (χ3n) is 6.46. The van der Waals surface area contributed by atoms with E-state index in [1.807, 2.05) is 36.4 Å². The van der Waals surface area contributed by atoms with Crippen molar-refractivity contribution >= 4 is 23.5 Å². The highest BCUT2D eigenvalue weighted by Crippen LogP contribution is 2.26. The van der Waals surface area contributed by atoms with Crippen LogP contribution >= 0.6 is 11.6 Å². The van der Waals surface area contributed by atoms with Gasteiger partial charge in [0.15, 0.2) is 0 Å². The van der Waals surface area contributed by atoms with Crippen LogP contribution in [0.3, 0.4) is 0 Å². The van der Waals surface area contributed by atoms with Gasteiger partial charge in [-0.2, -0.15) is 13.2 Å². The number of halogens is 4. The molecule has 1 saturated heterocycles. The number of rotatable bonds is 10. The van der Waals surface area contributed by atoms with E-state index in [9.17, 15) is 18.0 Å². The highest BCUT2D eigenvalue weighted by molar-refractivity contribution is 6.31. The second-order valence-electron chi connectivity index (χ2n) is 9.63. The highest BCUT2D eigenvalue weighted by Gasteiger charge is 2.38. The van der Waals surface area contributed by atoms with Gasteiger partial charge < -0.3 is 14.9 Å². The van der Waals surface area contributed by atoms with Gasteiger partial charge in [-0.05, 0) is 72.2 Å². The van der Waals surface area contributed by atoms with Gasteiger partial charge in [0.1, 0.15) is 12.4 Å². The smallest absolute Gasteiger partial charge is 0.489 e. The minimum atomic E-state index is -5.08. The average Bonchev–Trinajstić information content (AvgIpc) is 3.35. The molecule has 0 bridgehead atoms. The van der Waals surface area contributed by atoms with Crippen LogP contribution in [-0.2, 0) is 35.6 Å². The summed E-state index contributed by atoms with van der Waals surface area (Å²) in [6.07, 6.45) is -2.14. The Balaban J connectivity index is 0.000000559. The van der Waals surface area contributed by atoms with Crippen LogP contribution in [0.5, 0.6) is 5.75 Å². The molecule has 1 unspecified atom stereocenters. The molecule has 0 radical (unpaired) electrons. The number of alkyl halides is 3. The topological polar surface area (TPSA) is 87.1 Å². The van der Waals surface area contributed by atoms with Crippen molar-refractivity contribution in [2.75, 3.05) is 13.1 Å². The lowest BCUT2D eigenvalue weighted by atomic mass is 9.99. The van der Waals surface area contributed by atoms with Crippen LogP contribution in [0.25, 0.3) is 0 Å². The summed E-state index contributed by atoms with van der Waals surface area (Å²) >= 11 is 6.34. The summed E-state index contributed by atoms with van der Waals surface area (Å²) < 4.78 is 37.6. The molecule has 40 heavy (non-hydrogen) atoms. The Kier molecular flexibility index (Phi) is 11.4. The summed E-state index contributed by atoms with van der Waals surface area (Å²) in [6, 6.07) is 24.5. The molecule has 1 heterocycles. The number of hydrogen-bond acceptors (Lipinski definition) is 4. The second kappa shape index (κ2) is 14.7. The Bertz CT molecular complexity index is 1250. The molecule has 1 fully saturated rings. The van der Waals surface area contributed by atoms with E-state index in [4.69, 9.17) is 31.3 Å². The van der Waals surface area contributed by atoms with Crippen molar-refractivity contribution in [3.05, 3.63) is 100 Å². The molecule has 0 saturated carbocycles. The van der Waals surface area contributed by atoms with Crippen molar-refractivity contribution in [1.29, 1.82) is 0 Å². The van der Waals surface area contributed by atoms with Gasteiger partial charge in [0.25, 0.3) is 0 Å². The van der Waals surface area contributed by atoms with Crippen LogP contribution in [-0.4, -0.2) is 46.3 Å². The van der Waals surface area contributed by atoms with E-state index in [2.05, 4.69) is 41.3 Å². The molecular weight excluding hydrogens is 547 g/mol. The van der Waals surface area contributed by atoms with Crippen molar-refractivity contribution in [3.63, 3.8) is 0 Å². The van der Waals surface area contributed by atoms with Crippen LogP contribution in [0.1, 0.15) is 35.1 Å². The van der Waals surface area contributed by atoms with Crippen molar-refractivity contribution < 1.29 is 37.7 Å². The molecule has 3 aromatic rings. The van der Waals surface area contributed by atoms with E-state index in [0.717, 1.165) is 48.0 Å². The first-order chi connectivity index (χ1) is 19.0. The van der Waals surface area contributed by atoms with Gasteiger partial charge in [-0.1, -0.05) is 66.2 Å². The van der Waals surface area contributed by atoms with Crippen LogP contribution in [0.4, 0.5) is 13.2 Å². The lowest BCUT2D eigenvalue weighted by Crippen LogP contribution is -2.21. The molecule has 214 valence electrons. The Morgan fingerprint density at radius 1 is 0.925 bits per heavy atom. The zero-order valence-electron chi connectivity index (χ0n) is 21.7. The van der Waals surface area contributed by atoms with Gasteiger partial charge in [-0.15, -0.1) is 0 Å². The van der Waals surface area contributed by atoms with E-state index in [1.54, 1.807) is 0 Å². The molecule has 1 aliphatic heterocycles. The number of likely N-dealkylation sites (tertiary alicyclic amines) is 1. The fraction of sp³-hybridized carbons (Fsp3) is 0.333. The quantitative estimate of drug-likeness (QED) is 0.281. The fourth-order valence-electron chi connectivity index (χ4n) is 4.37. The highest BCUT2D eigenvalue weighted by atomic mass is 35.5. The van der Waals surface area contributed by atoms with Crippen molar-refractivity contribution in [2.45, 2.75) is 45.0 Å². The number of hydrogen-bond donors (Lipinski definition) is 2. The summed E-state index contributed by atoms with van der Waals surface area (Å²) in [6.45, 7) is 3.72. The summed E-state index contributed by atoms with van der Waals surface area (Å²) in [5.74, 6) is -2.08. The lowest BCUT2D eigenvalue weighted by molar-refractivity contribution is -0.192. The van der Waals surface area contributed by atoms with E-state index in [0.29, 0.717) is 18.9 Å². The molecular formula is C30H31ClF3NO5. The molecule has 0 aromatic heterocycles. The summed E-state index contributed by atoms with van der Waals surface area (Å²) in [5.41, 5.74) is 4.71. The largest absolute Gasteiger partial charge is 0.490 e. The Morgan fingerprint density at radius 2 is 1.52 bits per heavy atom.